The fourth-order valence-electron chi connectivity index (χ4n) is 2.17. The Morgan fingerprint density at radius 1 is 1.00 bits per heavy atom. The van der Waals surface area contributed by atoms with Crippen LogP contribution in [0.4, 0.5) is 5.69 Å². The minimum absolute atomic E-state index is 0.00369. The Balaban J connectivity index is 1.74. The van der Waals surface area contributed by atoms with Crippen LogP contribution in [0.3, 0.4) is 0 Å². The van der Waals surface area contributed by atoms with Crippen LogP contribution in [0.5, 0.6) is 11.5 Å². The molecule has 0 fully saturated rings. The zero-order valence-corrected chi connectivity index (χ0v) is 13.5. The van der Waals surface area contributed by atoms with E-state index < -0.39 is 0 Å². The average Bonchev–Trinajstić information content (AvgIpc) is 2.59. The summed E-state index contributed by atoms with van der Waals surface area (Å²) in [4.78, 5) is 11.8. The molecule has 2 aromatic carbocycles. The molecule has 0 aliphatic carbocycles. The standard InChI is InChI=1S/C18H22N2O3/c1-22-16-9-8-14(12-17(16)23-2)13-19-11-10-18(21)20-15-6-4-3-5-7-15/h3-9,12,19H,10-11,13H2,1-2H3,(H,20,21). The van der Waals surface area contributed by atoms with Gasteiger partial charge in [-0.3, -0.25) is 4.79 Å². The molecule has 122 valence electrons. The summed E-state index contributed by atoms with van der Waals surface area (Å²) in [6.45, 7) is 1.27. The summed E-state index contributed by atoms with van der Waals surface area (Å²) < 4.78 is 10.5. The minimum atomic E-state index is -0.00369. The second-order valence-corrected chi connectivity index (χ2v) is 5.03. The van der Waals surface area contributed by atoms with Crippen molar-refractivity contribution in [3.63, 3.8) is 0 Å². The SMILES string of the molecule is COc1ccc(CNCCC(=O)Nc2ccccc2)cc1OC. The van der Waals surface area contributed by atoms with E-state index in [1.165, 1.54) is 0 Å². The maximum Gasteiger partial charge on any atom is 0.225 e. The Kier molecular flexibility index (Phi) is 6.44. The van der Waals surface area contributed by atoms with E-state index in [0.29, 0.717) is 31.0 Å². The summed E-state index contributed by atoms with van der Waals surface area (Å²) in [6, 6.07) is 15.2. The van der Waals surface area contributed by atoms with Crippen molar-refractivity contribution in [1.82, 2.24) is 5.32 Å². The first-order chi connectivity index (χ1) is 11.2. The Labute approximate surface area is 136 Å². The van der Waals surface area contributed by atoms with Crippen molar-refractivity contribution < 1.29 is 14.3 Å². The summed E-state index contributed by atoms with van der Waals surface area (Å²) in [5.74, 6) is 1.41. The summed E-state index contributed by atoms with van der Waals surface area (Å²) in [6.07, 6.45) is 0.419. The van der Waals surface area contributed by atoms with Gasteiger partial charge in [-0.25, -0.2) is 0 Å². The Hall–Kier alpha value is -2.53. The normalized spacial score (nSPS) is 10.2. The monoisotopic (exact) mass is 314 g/mol. The number of anilines is 1. The van der Waals surface area contributed by atoms with Gasteiger partial charge in [0, 0.05) is 25.2 Å². The highest BCUT2D eigenvalue weighted by atomic mass is 16.5. The lowest BCUT2D eigenvalue weighted by atomic mass is 10.2. The van der Waals surface area contributed by atoms with Crippen LogP contribution in [0, 0.1) is 0 Å². The van der Waals surface area contributed by atoms with Gasteiger partial charge in [-0.15, -0.1) is 0 Å². The van der Waals surface area contributed by atoms with Crippen LogP contribution in [0.15, 0.2) is 48.5 Å². The van der Waals surface area contributed by atoms with Gasteiger partial charge >= 0.3 is 0 Å². The number of carbonyl (C=O) groups excluding carboxylic acids is 1. The number of carbonyl (C=O) groups is 1. The van der Waals surface area contributed by atoms with Gasteiger partial charge in [0.25, 0.3) is 0 Å². The molecule has 0 aliphatic heterocycles. The zero-order valence-electron chi connectivity index (χ0n) is 13.5. The van der Waals surface area contributed by atoms with Crippen LogP contribution < -0.4 is 20.1 Å². The third-order valence-electron chi connectivity index (χ3n) is 3.36. The Morgan fingerprint density at radius 2 is 1.74 bits per heavy atom. The van der Waals surface area contributed by atoms with Gasteiger partial charge in [0.15, 0.2) is 11.5 Å². The van der Waals surface area contributed by atoms with Gasteiger partial charge in [0.1, 0.15) is 0 Å². The van der Waals surface area contributed by atoms with E-state index in [0.717, 1.165) is 11.3 Å². The first-order valence-electron chi connectivity index (χ1n) is 7.49. The zero-order chi connectivity index (χ0) is 16.5. The number of amides is 1. The molecule has 2 aromatic rings. The maximum absolute atomic E-state index is 11.8. The molecule has 2 rings (SSSR count). The van der Waals surface area contributed by atoms with Crippen molar-refractivity contribution in [3.8, 4) is 11.5 Å². The molecule has 0 atom stereocenters. The third kappa shape index (κ3) is 5.30. The molecule has 0 unspecified atom stereocenters. The van der Waals surface area contributed by atoms with Crippen LogP contribution in [0.1, 0.15) is 12.0 Å². The lowest BCUT2D eigenvalue weighted by Crippen LogP contribution is -2.21. The Bertz CT molecular complexity index is 629. The first kappa shape index (κ1) is 16.8. The molecule has 0 heterocycles. The summed E-state index contributed by atoms with van der Waals surface area (Å²) in [5.41, 5.74) is 1.89. The number of hydrogen-bond acceptors (Lipinski definition) is 4. The number of methoxy groups -OCH3 is 2. The topological polar surface area (TPSA) is 59.6 Å². The van der Waals surface area contributed by atoms with Gasteiger partial charge in [-0.05, 0) is 29.8 Å². The summed E-state index contributed by atoms with van der Waals surface area (Å²) in [7, 11) is 3.23. The molecular weight excluding hydrogens is 292 g/mol. The number of rotatable bonds is 8. The molecule has 0 aliphatic rings. The number of ether oxygens (including phenoxy) is 2. The molecule has 5 heteroatoms. The summed E-state index contributed by atoms with van der Waals surface area (Å²) in [5, 5.41) is 6.11. The van der Waals surface area contributed by atoms with Crippen LogP contribution >= 0.6 is 0 Å². The molecule has 23 heavy (non-hydrogen) atoms. The van der Waals surface area contributed by atoms with Crippen LogP contribution in [0.2, 0.25) is 0 Å². The number of nitrogens with one attached hydrogen (secondary N) is 2. The average molecular weight is 314 g/mol. The van der Waals surface area contributed by atoms with E-state index in [1.807, 2.05) is 48.5 Å². The van der Waals surface area contributed by atoms with Gasteiger partial charge in [-0.2, -0.15) is 0 Å². The fourth-order valence-corrected chi connectivity index (χ4v) is 2.17. The van der Waals surface area contributed by atoms with Crippen molar-refractivity contribution in [2.75, 3.05) is 26.1 Å². The molecule has 0 saturated heterocycles. The predicted molar refractivity (Wildman–Crippen MR) is 90.9 cm³/mol. The van der Waals surface area contributed by atoms with E-state index in [1.54, 1.807) is 14.2 Å². The number of para-hydroxylation sites is 1. The first-order valence-corrected chi connectivity index (χ1v) is 7.49. The molecule has 0 radical (unpaired) electrons. The fraction of sp³-hybridized carbons (Fsp3) is 0.278. The number of benzene rings is 2. The van der Waals surface area contributed by atoms with Gasteiger partial charge < -0.3 is 20.1 Å². The van der Waals surface area contributed by atoms with E-state index in [-0.39, 0.29) is 5.91 Å². The quantitative estimate of drug-likeness (QED) is 0.736. The van der Waals surface area contributed by atoms with Gasteiger partial charge in [0.05, 0.1) is 14.2 Å². The molecule has 0 aromatic heterocycles. The highest BCUT2D eigenvalue weighted by molar-refractivity contribution is 5.90. The van der Waals surface area contributed by atoms with Crippen molar-refractivity contribution >= 4 is 11.6 Å². The summed E-state index contributed by atoms with van der Waals surface area (Å²) >= 11 is 0. The number of hydrogen-bond donors (Lipinski definition) is 2. The Morgan fingerprint density at radius 3 is 2.43 bits per heavy atom. The van der Waals surface area contributed by atoms with E-state index in [4.69, 9.17) is 9.47 Å². The molecule has 0 saturated carbocycles. The van der Waals surface area contributed by atoms with Crippen LogP contribution in [-0.4, -0.2) is 26.7 Å². The van der Waals surface area contributed by atoms with E-state index in [2.05, 4.69) is 10.6 Å². The lowest BCUT2D eigenvalue weighted by Gasteiger charge is -2.10. The van der Waals surface area contributed by atoms with Crippen LogP contribution in [-0.2, 0) is 11.3 Å². The largest absolute Gasteiger partial charge is 0.493 e. The smallest absolute Gasteiger partial charge is 0.225 e. The van der Waals surface area contributed by atoms with Crippen molar-refractivity contribution in [3.05, 3.63) is 54.1 Å². The molecule has 1 amide bonds. The van der Waals surface area contributed by atoms with Crippen molar-refractivity contribution in [1.29, 1.82) is 0 Å². The predicted octanol–water partition coefficient (Wildman–Crippen LogP) is 2.82. The lowest BCUT2D eigenvalue weighted by molar-refractivity contribution is -0.116. The van der Waals surface area contributed by atoms with Gasteiger partial charge in [-0.1, -0.05) is 24.3 Å². The second kappa shape index (κ2) is 8.80. The van der Waals surface area contributed by atoms with E-state index in [9.17, 15) is 4.79 Å². The van der Waals surface area contributed by atoms with Crippen LogP contribution in [0.25, 0.3) is 0 Å². The minimum Gasteiger partial charge on any atom is -0.493 e. The van der Waals surface area contributed by atoms with E-state index >= 15 is 0 Å². The molecule has 5 nitrogen and oxygen atoms in total. The molecule has 2 N–H and O–H groups in total. The molecule has 0 bridgehead atoms. The maximum atomic E-state index is 11.8. The molecular formula is C18H22N2O3. The second-order valence-electron chi connectivity index (χ2n) is 5.03. The highest BCUT2D eigenvalue weighted by Gasteiger charge is 2.05. The highest BCUT2D eigenvalue weighted by Crippen LogP contribution is 2.27. The molecule has 0 spiro atoms. The van der Waals surface area contributed by atoms with Crippen molar-refractivity contribution in [2.24, 2.45) is 0 Å². The third-order valence-corrected chi connectivity index (χ3v) is 3.36. The van der Waals surface area contributed by atoms with Crippen molar-refractivity contribution in [2.45, 2.75) is 13.0 Å². The van der Waals surface area contributed by atoms with Gasteiger partial charge in [0.2, 0.25) is 5.91 Å².